The smallest absolute Gasteiger partial charge is 0.341 e. The molecular weight excluding hydrogens is 316 g/mol. The fraction of sp³-hybridized carbons (Fsp3) is 0.625. The highest BCUT2D eigenvalue weighted by Crippen LogP contribution is 2.40. The average Bonchev–Trinajstić information content (AvgIpc) is 3.13. The van der Waals surface area contributed by atoms with Gasteiger partial charge in [0.25, 0.3) is 0 Å². The predicted molar refractivity (Wildman–Crippen MR) is 88.1 cm³/mol. The van der Waals surface area contributed by atoms with Crippen LogP contribution in [0.5, 0.6) is 0 Å². The summed E-state index contributed by atoms with van der Waals surface area (Å²) in [4.78, 5) is 27.4. The molecule has 1 fully saturated rings. The molecule has 1 N–H and O–H groups in total. The van der Waals surface area contributed by atoms with Crippen molar-refractivity contribution in [2.24, 2.45) is 0 Å². The van der Waals surface area contributed by atoms with Gasteiger partial charge < -0.3 is 14.4 Å². The standard InChI is InChI=1S/C16H22N2O4S/c1-16(2)8-10-11(9-22-16)23-13(12(10)14(19)21-3)17-15(20)18-6-4-5-7-18/h4-9H2,1-3H3,(H,17,20). The Kier molecular flexibility index (Phi) is 4.33. The number of rotatable bonds is 2. The Morgan fingerprint density at radius 2 is 2.00 bits per heavy atom. The van der Waals surface area contributed by atoms with E-state index in [0.29, 0.717) is 23.6 Å². The van der Waals surface area contributed by atoms with E-state index in [1.807, 2.05) is 13.8 Å². The van der Waals surface area contributed by atoms with Gasteiger partial charge in [0.05, 0.1) is 24.9 Å². The summed E-state index contributed by atoms with van der Waals surface area (Å²) in [5, 5.41) is 3.47. The second-order valence-electron chi connectivity index (χ2n) is 6.55. The summed E-state index contributed by atoms with van der Waals surface area (Å²) in [5.41, 5.74) is 1.10. The van der Waals surface area contributed by atoms with Crippen LogP contribution in [0.1, 0.15) is 47.5 Å². The van der Waals surface area contributed by atoms with E-state index in [4.69, 9.17) is 9.47 Å². The normalized spacial score (nSPS) is 19.3. The van der Waals surface area contributed by atoms with Crippen molar-refractivity contribution in [3.05, 3.63) is 16.0 Å². The Balaban J connectivity index is 1.92. The lowest BCUT2D eigenvalue weighted by Crippen LogP contribution is -2.33. The van der Waals surface area contributed by atoms with Crippen LogP contribution in [0, 0.1) is 0 Å². The number of esters is 1. The molecule has 0 spiro atoms. The van der Waals surface area contributed by atoms with Crippen LogP contribution >= 0.6 is 11.3 Å². The summed E-state index contributed by atoms with van der Waals surface area (Å²) in [6.07, 6.45) is 2.68. The highest BCUT2D eigenvalue weighted by Gasteiger charge is 2.34. The molecule has 2 amide bonds. The van der Waals surface area contributed by atoms with Crippen molar-refractivity contribution in [1.29, 1.82) is 0 Å². The Morgan fingerprint density at radius 1 is 1.30 bits per heavy atom. The average molecular weight is 338 g/mol. The first kappa shape index (κ1) is 16.3. The minimum Gasteiger partial charge on any atom is -0.465 e. The number of amides is 2. The minimum atomic E-state index is -0.406. The molecule has 0 aliphatic carbocycles. The van der Waals surface area contributed by atoms with Crippen molar-refractivity contribution in [3.8, 4) is 0 Å². The molecule has 0 atom stereocenters. The molecule has 0 aromatic carbocycles. The number of hydrogen-bond donors (Lipinski definition) is 1. The van der Waals surface area contributed by atoms with Crippen molar-refractivity contribution in [2.75, 3.05) is 25.5 Å². The summed E-state index contributed by atoms with van der Waals surface area (Å²) >= 11 is 1.41. The molecule has 3 rings (SSSR count). The number of carbonyl (C=O) groups is 2. The number of likely N-dealkylation sites (tertiary alicyclic amines) is 1. The van der Waals surface area contributed by atoms with Gasteiger partial charge in [-0.15, -0.1) is 11.3 Å². The molecule has 2 aliphatic rings. The van der Waals surface area contributed by atoms with Crippen LogP contribution < -0.4 is 5.32 Å². The van der Waals surface area contributed by atoms with Crippen molar-refractivity contribution in [3.63, 3.8) is 0 Å². The van der Waals surface area contributed by atoms with Gasteiger partial charge in [-0.25, -0.2) is 9.59 Å². The van der Waals surface area contributed by atoms with Crippen molar-refractivity contribution < 1.29 is 19.1 Å². The SMILES string of the molecule is COC(=O)c1c(NC(=O)N2CCCC2)sc2c1CC(C)(C)OC2. The number of methoxy groups -OCH3 is 1. The van der Waals surface area contributed by atoms with Crippen LogP contribution in [0.3, 0.4) is 0 Å². The molecule has 0 saturated carbocycles. The lowest BCUT2D eigenvalue weighted by Gasteiger charge is -2.30. The summed E-state index contributed by atoms with van der Waals surface area (Å²) in [6.45, 7) is 5.98. The zero-order chi connectivity index (χ0) is 16.6. The maximum absolute atomic E-state index is 12.4. The van der Waals surface area contributed by atoms with Crippen LogP contribution in [0.2, 0.25) is 0 Å². The molecule has 0 unspecified atom stereocenters. The third kappa shape index (κ3) is 3.21. The molecule has 7 heteroatoms. The van der Waals surface area contributed by atoms with Crippen molar-refractivity contribution in [2.45, 2.75) is 45.3 Å². The predicted octanol–water partition coefficient (Wildman–Crippen LogP) is 3.01. The second-order valence-corrected chi connectivity index (χ2v) is 7.65. The topological polar surface area (TPSA) is 67.9 Å². The third-order valence-corrected chi connectivity index (χ3v) is 5.41. The number of nitrogens with one attached hydrogen (secondary N) is 1. The Hall–Kier alpha value is -1.60. The summed E-state index contributed by atoms with van der Waals surface area (Å²) < 4.78 is 10.8. The quantitative estimate of drug-likeness (QED) is 0.842. The first-order valence-electron chi connectivity index (χ1n) is 7.84. The van der Waals surface area contributed by atoms with E-state index in [2.05, 4.69) is 5.32 Å². The minimum absolute atomic E-state index is 0.147. The maximum Gasteiger partial charge on any atom is 0.341 e. The van der Waals surface area contributed by atoms with Crippen LogP contribution in [0.4, 0.5) is 9.80 Å². The lowest BCUT2D eigenvalue weighted by atomic mass is 9.93. The molecule has 126 valence electrons. The number of carbonyl (C=O) groups excluding carboxylic acids is 2. The van der Waals surface area contributed by atoms with Gasteiger partial charge in [-0.2, -0.15) is 0 Å². The number of anilines is 1. The highest BCUT2D eigenvalue weighted by molar-refractivity contribution is 7.17. The number of ether oxygens (including phenoxy) is 2. The summed E-state index contributed by atoms with van der Waals surface area (Å²) in [5.74, 6) is -0.406. The number of nitrogens with zero attached hydrogens (tertiary/aromatic N) is 1. The molecule has 6 nitrogen and oxygen atoms in total. The van der Waals surface area contributed by atoms with Gasteiger partial charge in [-0.3, -0.25) is 5.32 Å². The van der Waals surface area contributed by atoms with Gasteiger partial charge in [0.1, 0.15) is 5.00 Å². The molecule has 1 aromatic heterocycles. The number of hydrogen-bond acceptors (Lipinski definition) is 5. The van der Waals surface area contributed by atoms with Gasteiger partial charge in [0.2, 0.25) is 0 Å². The van der Waals surface area contributed by atoms with Crippen LogP contribution in [-0.2, 0) is 22.5 Å². The number of thiophene rings is 1. The van der Waals surface area contributed by atoms with Gasteiger partial charge in [0, 0.05) is 24.4 Å². The van der Waals surface area contributed by atoms with E-state index in [0.717, 1.165) is 36.4 Å². The molecule has 2 aliphatic heterocycles. The van der Waals surface area contributed by atoms with Gasteiger partial charge in [-0.1, -0.05) is 0 Å². The second kappa shape index (κ2) is 6.13. The van der Waals surface area contributed by atoms with E-state index in [9.17, 15) is 9.59 Å². The monoisotopic (exact) mass is 338 g/mol. The van der Waals surface area contributed by atoms with E-state index < -0.39 is 5.97 Å². The zero-order valence-electron chi connectivity index (χ0n) is 13.7. The Labute approximate surface area is 139 Å². The van der Waals surface area contributed by atoms with E-state index in [1.54, 1.807) is 4.90 Å². The summed E-state index contributed by atoms with van der Waals surface area (Å²) in [7, 11) is 1.36. The molecule has 0 bridgehead atoms. The number of urea groups is 1. The fourth-order valence-electron chi connectivity index (χ4n) is 3.06. The molecule has 23 heavy (non-hydrogen) atoms. The van der Waals surface area contributed by atoms with Gasteiger partial charge >= 0.3 is 12.0 Å². The van der Waals surface area contributed by atoms with Gasteiger partial charge in [0.15, 0.2) is 0 Å². The molecular formula is C16H22N2O4S. The van der Waals surface area contributed by atoms with E-state index >= 15 is 0 Å². The summed E-state index contributed by atoms with van der Waals surface area (Å²) in [6, 6.07) is -0.147. The van der Waals surface area contributed by atoms with E-state index in [1.165, 1.54) is 18.4 Å². The molecule has 3 heterocycles. The third-order valence-electron chi connectivity index (χ3n) is 4.29. The van der Waals surface area contributed by atoms with Crippen LogP contribution in [0.15, 0.2) is 0 Å². The van der Waals surface area contributed by atoms with Crippen LogP contribution in [0.25, 0.3) is 0 Å². The van der Waals surface area contributed by atoms with Gasteiger partial charge in [-0.05, 0) is 32.3 Å². The Bertz CT molecular complexity index is 632. The lowest BCUT2D eigenvalue weighted by molar-refractivity contribution is -0.0384. The zero-order valence-corrected chi connectivity index (χ0v) is 14.5. The first-order chi connectivity index (χ1) is 10.9. The number of fused-ring (bicyclic) bond motifs is 1. The van der Waals surface area contributed by atoms with Crippen molar-refractivity contribution >= 4 is 28.3 Å². The van der Waals surface area contributed by atoms with Crippen molar-refractivity contribution in [1.82, 2.24) is 4.90 Å². The largest absolute Gasteiger partial charge is 0.465 e. The molecule has 1 saturated heterocycles. The molecule has 0 radical (unpaired) electrons. The highest BCUT2D eigenvalue weighted by atomic mass is 32.1. The van der Waals surface area contributed by atoms with E-state index in [-0.39, 0.29) is 11.6 Å². The Morgan fingerprint density at radius 3 is 2.65 bits per heavy atom. The first-order valence-corrected chi connectivity index (χ1v) is 8.65. The maximum atomic E-state index is 12.4. The fourth-order valence-corrected chi connectivity index (χ4v) is 4.16. The van der Waals surface area contributed by atoms with Crippen LogP contribution in [-0.4, -0.2) is 42.7 Å². The molecule has 1 aromatic rings.